The molecule has 1 fully saturated rings. The lowest BCUT2D eigenvalue weighted by molar-refractivity contribution is -0.152. The highest BCUT2D eigenvalue weighted by atomic mass is 16.4. The molecule has 4 atom stereocenters. The van der Waals surface area contributed by atoms with Gasteiger partial charge in [0.2, 0.25) is 5.91 Å². The number of likely N-dealkylation sites (tertiary alicyclic amines) is 1. The number of aromatic nitrogens is 2. The summed E-state index contributed by atoms with van der Waals surface area (Å²) < 4.78 is 0. The van der Waals surface area contributed by atoms with Gasteiger partial charge in [-0.3, -0.25) is 14.4 Å². The van der Waals surface area contributed by atoms with Crippen LogP contribution in [0, 0.1) is 0 Å². The fourth-order valence-corrected chi connectivity index (χ4v) is 5.41. The molecule has 5 rings (SSSR count). The van der Waals surface area contributed by atoms with Gasteiger partial charge in [0.25, 0.3) is 11.5 Å². The summed E-state index contributed by atoms with van der Waals surface area (Å²) in [6, 6.07) is 14.9. The summed E-state index contributed by atoms with van der Waals surface area (Å²) in [4.78, 5) is 56.3. The Balaban J connectivity index is 1.14. The van der Waals surface area contributed by atoms with E-state index in [2.05, 4.69) is 15.3 Å². The highest BCUT2D eigenvalue weighted by molar-refractivity contribution is 5.99. The SMILES string of the molecule is O=C(NCC[C@@H](O)C[C@@H](O)CC(=O)N1CCC(O)C1C(=O)O)c1ccc2[nH]c(-c3cc4ccccc4[nH]c3=O)cc2c1. The number of aliphatic hydroxyl groups excluding tert-OH is 3. The van der Waals surface area contributed by atoms with E-state index in [-0.39, 0.29) is 50.2 Å². The summed E-state index contributed by atoms with van der Waals surface area (Å²) in [6.07, 6.45) is -3.64. The minimum atomic E-state index is -1.34. The normalized spacial score (nSPS) is 18.3. The number of hydrogen-bond donors (Lipinski definition) is 7. The summed E-state index contributed by atoms with van der Waals surface area (Å²) in [7, 11) is 0. The van der Waals surface area contributed by atoms with Gasteiger partial charge < -0.3 is 40.6 Å². The van der Waals surface area contributed by atoms with Crippen LogP contribution >= 0.6 is 0 Å². The number of aromatic amines is 2. The van der Waals surface area contributed by atoms with Gasteiger partial charge in [0, 0.05) is 35.1 Å². The second-order valence-corrected chi connectivity index (χ2v) is 10.6. The maximum absolute atomic E-state index is 12.7. The van der Waals surface area contributed by atoms with E-state index in [1.54, 1.807) is 24.3 Å². The molecule has 3 heterocycles. The first-order valence-corrected chi connectivity index (χ1v) is 13.7. The zero-order chi connectivity index (χ0) is 30.0. The first-order valence-electron chi connectivity index (χ1n) is 13.7. The van der Waals surface area contributed by atoms with Crippen LogP contribution in [0.15, 0.2) is 59.4 Å². The Morgan fingerprint density at radius 1 is 0.976 bits per heavy atom. The number of amides is 2. The molecule has 12 heteroatoms. The fraction of sp³-hybridized carbons (Fsp3) is 0.333. The van der Waals surface area contributed by atoms with Crippen molar-refractivity contribution in [2.24, 2.45) is 0 Å². The molecule has 7 N–H and O–H groups in total. The Bertz CT molecular complexity index is 1700. The number of para-hydroxylation sites is 1. The Hall–Kier alpha value is -4.52. The summed E-state index contributed by atoms with van der Waals surface area (Å²) in [5.41, 5.74) is 2.76. The van der Waals surface area contributed by atoms with E-state index in [4.69, 9.17) is 0 Å². The van der Waals surface area contributed by atoms with Crippen LogP contribution < -0.4 is 10.9 Å². The largest absolute Gasteiger partial charge is 0.480 e. The van der Waals surface area contributed by atoms with Crippen LogP contribution in [0.5, 0.6) is 0 Å². The van der Waals surface area contributed by atoms with Crippen molar-refractivity contribution in [1.82, 2.24) is 20.2 Å². The molecule has 2 unspecified atom stereocenters. The smallest absolute Gasteiger partial charge is 0.329 e. The van der Waals surface area contributed by atoms with Gasteiger partial charge in [0.05, 0.1) is 36.0 Å². The molecule has 0 aliphatic carbocycles. The highest BCUT2D eigenvalue weighted by Crippen LogP contribution is 2.25. The quantitative estimate of drug-likeness (QED) is 0.147. The fourth-order valence-electron chi connectivity index (χ4n) is 5.41. The standard InChI is InChI=1S/C30H32N4O8/c35-19(14-20(36)15-26(38)34-10-8-25(37)27(34)30(41)42)7-9-31-28(39)17-5-6-23-18(11-17)13-24(32-23)21-12-16-3-1-2-4-22(16)33-29(21)40/h1-6,11-13,19-20,25,27,32,35-37H,7-10,14-15H2,(H,31,39)(H,33,40)(H,41,42)/t19-,20-,25?,27?/m1/s1. The number of pyridine rings is 1. The van der Waals surface area contributed by atoms with Gasteiger partial charge in [0.15, 0.2) is 6.04 Å². The van der Waals surface area contributed by atoms with E-state index in [1.807, 2.05) is 30.3 Å². The minimum Gasteiger partial charge on any atom is -0.480 e. The molecule has 2 aromatic heterocycles. The van der Waals surface area contributed by atoms with Crippen molar-refractivity contribution in [2.75, 3.05) is 13.1 Å². The molecule has 2 aromatic carbocycles. The van der Waals surface area contributed by atoms with Gasteiger partial charge in [-0.25, -0.2) is 4.79 Å². The number of carboxylic acids is 1. The van der Waals surface area contributed by atoms with E-state index in [1.165, 1.54) is 0 Å². The zero-order valence-electron chi connectivity index (χ0n) is 22.6. The summed E-state index contributed by atoms with van der Waals surface area (Å²) in [6.45, 7) is 0.193. The Kier molecular flexibility index (Phi) is 8.39. The second kappa shape index (κ2) is 12.1. The minimum absolute atomic E-state index is 0.0792. The first-order chi connectivity index (χ1) is 20.1. The van der Waals surface area contributed by atoms with Crippen molar-refractivity contribution in [1.29, 1.82) is 0 Å². The molecule has 4 aromatic rings. The van der Waals surface area contributed by atoms with Gasteiger partial charge in [0.1, 0.15) is 0 Å². The van der Waals surface area contributed by atoms with Crippen molar-refractivity contribution >= 4 is 39.6 Å². The number of aliphatic carboxylic acids is 1. The molecule has 1 saturated heterocycles. The molecule has 12 nitrogen and oxygen atoms in total. The number of hydrogen-bond acceptors (Lipinski definition) is 7. The third kappa shape index (κ3) is 6.20. The lowest BCUT2D eigenvalue weighted by atomic mass is 10.1. The number of H-pyrrole nitrogens is 2. The van der Waals surface area contributed by atoms with Gasteiger partial charge in [-0.05, 0) is 61.0 Å². The molecule has 0 radical (unpaired) electrons. The first kappa shape index (κ1) is 29.0. The van der Waals surface area contributed by atoms with Crippen LogP contribution in [0.3, 0.4) is 0 Å². The van der Waals surface area contributed by atoms with Crippen LogP contribution in [-0.2, 0) is 9.59 Å². The maximum Gasteiger partial charge on any atom is 0.329 e. The summed E-state index contributed by atoms with van der Waals surface area (Å²) >= 11 is 0. The molecule has 1 aliphatic rings. The molecule has 2 amide bonds. The number of benzene rings is 2. The molecular weight excluding hydrogens is 544 g/mol. The topological polar surface area (TPSA) is 196 Å². The molecule has 0 saturated carbocycles. The number of nitrogens with zero attached hydrogens (tertiary/aromatic N) is 1. The van der Waals surface area contributed by atoms with Gasteiger partial charge >= 0.3 is 5.97 Å². The number of rotatable bonds is 10. The van der Waals surface area contributed by atoms with E-state index < -0.39 is 36.2 Å². The van der Waals surface area contributed by atoms with Crippen molar-refractivity contribution < 1.29 is 34.8 Å². The van der Waals surface area contributed by atoms with Crippen LogP contribution in [0.1, 0.15) is 36.0 Å². The average Bonchev–Trinajstić information content (AvgIpc) is 3.55. The molecule has 0 spiro atoms. The lowest BCUT2D eigenvalue weighted by Gasteiger charge is -2.24. The van der Waals surface area contributed by atoms with Gasteiger partial charge in [-0.2, -0.15) is 0 Å². The van der Waals surface area contributed by atoms with E-state index in [0.717, 1.165) is 26.7 Å². The molecule has 0 bridgehead atoms. The predicted molar refractivity (Wildman–Crippen MR) is 154 cm³/mol. The third-order valence-corrected chi connectivity index (χ3v) is 7.58. The Morgan fingerprint density at radius 3 is 2.52 bits per heavy atom. The van der Waals surface area contributed by atoms with Crippen LogP contribution in [0.25, 0.3) is 33.1 Å². The number of carbonyl (C=O) groups is 3. The van der Waals surface area contributed by atoms with Crippen LogP contribution in [-0.4, -0.2) is 90.5 Å². The number of aliphatic hydroxyl groups is 3. The number of carboxylic acid groups (broad SMARTS) is 1. The molecular formula is C30H32N4O8. The van der Waals surface area contributed by atoms with E-state index in [9.17, 15) is 39.6 Å². The van der Waals surface area contributed by atoms with Crippen LogP contribution in [0.2, 0.25) is 0 Å². The Labute approximate surface area is 239 Å². The van der Waals surface area contributed by atoms with Gasteiger partial charge in [-0.1, -0.05) is 18.2 Å². The monoisotopic (exact) mass is 576 g/mol. The van der Waals surface area contributed by atoms with Crippen molar-refractivity contribution in [2.45, 2.75) is 50.0 Å². The Morgan fingerprint density at radius 2 is 1.74 bits per heavy atom. The zero-order valence-corrected chi connectivity index (χ0v) is 22.6. The average molecular weight is 577 g/mol. The van der Waals surface area contributed by atoms with Gasteiger partial charge in [-0.15, -0.1) is 0 Å². The van der Waals surface area contributed by atoms with Crippen molar-refractivity contribution in [3.05, 3.63) is 70.5 Å². The van der Waals surface area contributed by atoms with E-state index >= 15 is 0 Å². The molecule has 1 aliphatic heterocycles. The van der Waals surface area contributed by atoms with Crippen molar-refractivity contribution in [3.8, 4) is 11.3 Å². The summed E-state index contributed by atoms with van der Waals surface area (Å²) in [5, 5.41) is 44.0. The molecule has 42 heavy (non-hydrogen) atoms. The molecule has 220 valence electrons. The predicted octanol–water partition coefficient (Wildman–Crippen LogP) is 1.34. The number of carbonyl (C=O) groups excluding carboxylic acids is 2. The summed E-state index contributed by atoms with van der Waals surface area (Å²) in [5.74, 6) is -2.28. The van der Waals surface area contributed by atoms with Crippen LogP contribution in [0.4, 0.5) is 0 Å². The second-order valence-electron chi connectivity index (χ2n) is 10.6. The lowest BCUT2D eigenvalue weighted by Crippen LogP contribution is -2.46. The number of nitrogens with one attached hydrogen (secondary N) is 3. The van der Waals surface area contributed by atoms with E-state index in [0.29, 0.717) is 16.8 Å². The number of fused-ring (bicyclic) bond motifs is 2. The van der Waals surface area contributed by atoms with Crippen molar-refractivity contribution in [3.63, 3.8) is 0 Å². The maximum atomic E-state index is 12.7. The third-order valence-electron chi connectivity index (χ3n) is 7.58. The highest BCUT2D eigenvalue weighted by Gasteiger charge is 2.41.